The van der Waals surface area contributed by atoms with E-state index < -0.39 is 17.4 Å². The summed E-state index contributed by atoms with van der Waals surface area (Å²) in [6.45, 7) is 1.70. The minimum Gasteiger partial charge on any atom is -0.505 e. The number of aromatic hydroxyl groups is 1. The Morgan fingerprint density at radius 3 is 2.90 bits per heavy atom. The van der Waals surface area contributed by atoms with Gasteiger partial charge in [0.25, 0.3) is 0 Å². The Labute approximate surface area is 181 Å². The molecular weight excluding hydrogens is 424 g/mol. The van der Waals surface area contributed by atoms with E-state index in [0.717, 1.165) is 21.9 Å². The van der Waals surface area contributed by atoms with Crippen molar-refractivity contribution in [3.63, 3.8) is 0 Å². The highest BCUT2D eigenvalue weighted by Gasteiger charge is 2.26. The van der Waals surface area contributed by atoms with Crippen molar-refractivity contribution in [1.29, 1.82) is 0 Å². The Hall–Kier alpha value is -3.11. The highest BCUT2D eigenvalue weighted by molar-refractivity contribution is 7.19. The third-order valence-corrected chi connectivity index (χ3v) is 6.09. The molecule has 1 aliphatic heterocycles. The summed E-state index contributed by atoms with van der Waals surface area (Å²) in [6, 6.07) is 1.60. The average Bonchev–Trinajstić information content (AvgIpc) is 3.10. The molecule has 0 saturated carbocycles. The maximum absolute atomic E-state index is 14.2. The number of likely N-dealkylation sites (N-methyl/N-ethyl adjacent to an activating group) is 1. The van der Waals surface area contributed by atoms with E-state index in [9.17, 15) is 18.7 Å². The van der Waals surface area contributed by atoms with Gasteiger partial charge in [0.05, 0.1) is 17.6 Å². The smallest absolute Gasteiger partial charge is 0.246 e. The lowest BCUT2D eigenvalue weighted by molar-refractivity contribution is -0.126. The number of benzene rings is 1. The number of phenols is 1. The molecule has 1 aromatic carbocycles. The number of rotatable bonds is 5. The lowest BCUT2D eigenvalue weighted by atomic mass is 10.0. The molecule has 0 bridgehead atoms. The van der Waals surface area contributed by atoms with Crippen LogP contribution in [0, 0.1) is 11.6 Å². The lowest BCUT2D eigenvalue weighted by Crippen LogP contribution is -2.34. The number of hydrogen-bond acceptors (Lipinski definition) is 7. The molecule has 162 valence electrons. The van der Waals surface area contributed by atoms with Crippen LogP contribution in [-0.4, -0.2) is 58.0 Å². The molecule has 2 N–H and O–H groups in total. The number of phenolic OH excluding ortho intramolecular Hbond substituents is 1. The molecule has 2 aromatic heterocycles. The van der Waals surface area contributed by atoms with Crippen LogP contribution < -0.4 is 5.32 Å². The Morgan fingerprint density at radius 2 is 2.13 bits per heavy atom. The van der Waals surface area contributed by atoms with Crippen molar-refractivity contribution in [3.05, 3.63) is 52.7 Å². The van der Waals surface area contributed by atoms with Crippen molar-refractivity contribution in [2.24, 2.45) is 0 Å². The van der Waals surface area contributed by atoms with Crippen LogP contribution in [0.5, 0.6) is 5.75 Å². The zero-order chi connectivity index (χ0) is 22.1. The minimum absolute atomic E-state index is 0.0433. The van der Waals surface area contributed by atoms with Crippen LogP contribution in [0.4, 0.5) is 20.3 Å². The summed E-state index contributed by atoms with van der Waals surface area (Å²) < 4.78 is 27.5. The van der Waals surface area contributed by atoms with Gasteiger partial charge in [-0.2, -0.15) is 0 Å². The molecule has 0 saturated heterocycles. The molecule has 7 nitrogen and oxygen atoms in total. The molecule has 4 rings (SSSR count). The average molecular weight is 445 g/mol. The number of halogens is 2. The van der Waals surface area contributed by atoms with Gasteiger partial charge in [-0.3, -0.25) is 4.79 Å². The molecule has 31 heavy (non-hydrogen) atoms. The van der Waals surface area contributed by atoms with Crippen LogP contribution in [0.15, 0.2) is 30.6 Å². The molecule has 1 aliphatic rings. The van der Waals surface area contributed by atoms with E-state index in [4.69, 9.17) is 0 Å². The summed E-state index contributed by atoms with van der Waals surface area (Å²) >= 11 is 1.46. The van der Waals surface area contributed by atoms with Crippen LogP contribution in [0.1, 0.15) is 10.4 Å². The van der Waals surface area contributed by atoms with Crippen molar-refractivity contribution >= 4 is 39.0 Å². The maximum atomic E-state index is 14.2. The highest BCUT2D eigenvalue weighted by atomic mass is 32.1. The van der Waals surface area contributed by atoms with Gasteiger partial charge in [-0.05, 0) is 26.1 Å². The van der Waals surface area contributed by atoms with E-state index in [1.807, 2.05) is 25.1 Å². The first-order valence-corrected chi connectivity index (χ1v) is 10.5. The Balaban J connectivity index is 1.62. The molecule has 0 fully saturated rings. The number of fused-ring (bicyclic) bond motifs is 3. The van der Waals surface area contributed by atoms with E-state index in [0.29, 0.717) is 42.8 Å². The zero-order valence-electron chi connectivity index (χ0n) is 17.0. The molecule has 0 atom stereocenters. The number of nitrogens with zero attached hydrogens (tertiary/aromatic N) is 4. The summed E-state index contributed by atoms with van der Waals surface area (Å²) in [5, 5.41) is 13.2. The number of nitrogens with one attached hydrogen (secondary N) is 1. The first-order chi connectivity index (χ1) is 14.8. The second-order valence-electron chi connectivity index (χ2n) is 7.49. The molecule has 0 radical (unpaired) electrons. The second-order valence-corrected chi connectivity index (χ2v) is 8.57. The van der Waals surface area contributed by atoms with E-state index in [1.54, 1.807) is 11.0 Å². The lowest BCUT2D eigenvalue weighted by Gasteiger charge is -2.26. The molecule has 3 heterocycles. The number of aromatic nitrogens is 2. The Kier molecular flexibility index (Phi) is 5.84. The molecule has 0 aliphatic carbocycles. The number of carbonyl (C=O) groups excluding carboxylic acids is 1. The number of thiophene rings is 1. The molecule has 3 aromatic rings. The molecular formula is C21H21F2N5O2S. The van der Waals surface area contributed by atoms with Gasteiger partial charge in [-0.25, -0.2) is 18.7 Å². The maximum Gasteiger partial charge on any atom is 0.246 e. The summed E-state index contributed by atoms with van der Waals surface area (Å²) in [4.78, 5) is 26.5. The van der Waals surface area contributed by atoms with Crippen LogP contribution in [-0.2, 0) is 17.8 Å². The summed E-state index contributed by atoms with van der Waals surface area (Å²) in [5.74, 6) is -2.20. The Bertz CT molecular complexity index is 1180. The van der Waals surface area contributed by atoms with Crippen molar-refractivity contribution in [2.75, 3.05) is 32.5 Å². The number of carbonyl (C=O) groups is 1. The van der Waals surface area contributed by atoms with E-state index in [2.05, 4.69) is 15.3 Å². The van der Waals surface area contributed by atoms with Crippen molar-refractivity contribution < 1.29 is 18.7 Å². The first-order valence-electron chi connectivity index (χ1n) is 9.64. The van der Waals surface area contributed by atoms with Crippen LogP contribution >= 0.6 is 11.3 Å². The normalized spacial score (nSPS) is 13.9. The van der Waals surface area contributed by atoms with Crippen molar-refractivity contribution in [2.45, 2.75) is 13.0 Å². The predicted octanol–water partition coefficient (Wildman–Crippen LogP) is 3.42. The van der Waals surface area contributed by atoms with Gasteiger partial charge in [0.15, 0.2) is 11.6 Å². The minimum atomic E-state index is -1.03. The fourth-order valence-electron chi connectivity index (χ4n) is 3.44. The molecule has 0 unspecified atom stereocenters. The zero-order valence-corrected chi connectivity index (χ0v) is 17.8. The van der Waals surface area contributed by atoms with Crippen LogP contribution in [0.2, 0.25) is 0 Å². The monoisotopic (exact) mass is 445 g/mol. The van der Waals surface area contributed by atoms with Gasteiger partial charge in [-0.1, -0.05) is 6.08 Å². The van der Waals surface area contributed by atoms with Gasteiger partial charge in [0, 0.05) is 36.2 Å². The van der Waals surface area contributed by atoms with Gasteiger partial charge >= 0.3 is 0 Å². The largest absolute Gasteiger partial charge is 0.505 e. The van der Waals surface area contributed by atoms with E-state index in [1.165, 1.54) is 17.7 Å². The van der Waals surface area contributed by atoms with Gasteiger partial charge in [0.2, 0.25) is 5.91 Å². The predicted molar refractivity (Wildman–Crippen MR) is 116 cm³/mol. The standard InChI is InChI=1S/C21H21F2N5O2S/c1-27(2)6-3-4-18(30)28-7-5-12-17(10-28)31-21-19(12)20(24-11-25-21)26-15-9-16(29)14(23)8-13(15)22/h3-4,8-9,11,29H,5-7,10H2,1-2H3,(H,24,25,26). The number of anilines is 2. The third-order valence-electron chi connectivity index (χ3n) is 4.97. The SMILES string of the molecule is CN(C)CC=CC(=O)N1CCc2c(sc3ncnc(Nc4cc(O)c(F)cc4F)c23)C1. The van der Waals surface area contributed by atoms with Crippen molar-refractivity contribution in [3.8, 4) is 5.75 Å². The quantitative estimate of drug-likeness (QED) is 0.586. The van der Waals surface area contributed by atoms with E-state index >= 15 is 0 Å². The summed E-state index contributed by atoms with van der Waals surface area (Å²) in [6.07, 6.45) is 5.40. The van der Waals surface area contributed by atoms with Crippen molar-refractivity contribution in [1.82, 2.24) is 19.8 Å². The van der Waals surface area contributed by atoms with Crippen LogP contribution in [0.3, 0.4) is 0 Å². The summed E-state index contributed by atoms with van der Waals surface area (Å²) in [5.41, 5.74) is 0.925. The Morgan fingerprint density at radius 1 is 1.32 bits per heavy atom. The van der Waals surface area contributed by atoms with Gasteiger partial charge < -0.3 is 20.2 Å². The first kappa shape index (κ1) is 21.1. The fraction of sp³-hybridized carbons (Fsp3) is 0.286. The van der Waals surface area contributed by atoms with Gasteiger partial charge in [0.1, 0.15) is 22.8 Å². The molecule has 0 spiro atoms. The topological polar surface area (TPSA) is 81.6 Å². The third kappa shape index (κ3) is 4.35. The molecule has 1 amide bonds. The van der Waals surface area contributed by atoms with E-state index in [-0.39, 0.29) is 11.6 Å². The second kappa shape index (κ2) is 8.56. The molecule has 10 heteroatoms. The number of amides is 1. The van der Waals surface area contributed by atoms with Crippen LogP contribution in [0.25, 0.3) is 10.2 Å². The summed E-state index contributed by atoms with van der Waals surface area (Å²) in [7, 11) is 3.87. The van der Waals surface area contributed by atoms with Gasteiger partial charge in [-0.15, -0.1) is 11.3 Å². The fourth-order valence-corrected chi connectivity index (χ4v) is 4.64. The number of hydrogen-bond donors (Lipinski definition) is 2. The highest BCUT2D eigenvalue weighted by Crippen LogP contribution is 2.38.